The van der Waals surface area contributed by atoms with E-state index in [1.807, 2.05) is 0 Å². The molecule has 1 rings (SSSR count). The Labute approximate surface area is 149 Å². The summed E-state index contributed by atoms with van der Waals surface area (Å²) in [5, 5.41) is 2.54. The number of aryl methyl sites for hydroxylation is 1. The number of nitrogens with zero attached hydrogens (tertiary/aromatic N) is 1. The molecule has 1 unspecified atom stereocenters. The molecule has 0 radical (unpaired) electrons. The SMILES string of the molecule is CCOC(=O)C(C)NC(=O)c1cc(S(=O)(=O)N(CC)CC)ccc1C. The first-order valence-corrected chi connectivity index (χ1v) is 9.71. The van der Waals surface area contributed by atoms with Crippen LogP contribution in [-0.4, -0.2) is 50.3 Å². The van der Waals surface area contributed by atoms with E-state index >= 15 is 0 Å². The van der Waals surface area contributed by atoms with Crippen LogP contribution in [-0.2, 0) is 19.6 Å². The van der Waals surface area contributed by atoms with Crippen LogP contribution in [0.4, 0.5) is 0 Å². The molecule has 1 amide bonds. The molecule has 0 aliphatic rings. The molecule has 0 aliphatic carbocycles. The van der Waals surface area contributed by atoms with Gasteiger partial charge in [0.15, 0.2) is 0 Å². The van der Waals surface area contributed by atoms with Crippen LogP contribution in [0, 0.1) is 6.92 Å². The molecule has 0 saturated heterocycles. The van der Waals surface area contributed by atoms with Gasteiger partial charge in [-0.15, -0.1) is 0 Å². The van der Waals surface area contributed by atoms with Crippen molar-refractivity contribution in [3.63, 3.8) is 0 Å². The Balaban J connectivity index is 3.13. The van der Waals surface area contributed by atoms with E-state index < -0.39 is 27.9 Å². The first-order chi connectivity index (χ1) is 11.7. The van der Waals surface area contributed by atoms with Crippen molar-refractivity contribution in [2.24, 2.45) is 0 Å². The van der Waals surface area contributed by atoms with Gasteiger partial charge in [-0.1, -0.05) is 19.9 Å². The van der Waals surface area contributed by atoms with E-state index in [9.17, 15) is 18.0 Å². The predicted octanol–water partition coefficient (Wildman–Crippen LogP) is 1.71. The Kier molecular flexibility index (Phi) is 7.57. The van der Waals surface area contributed by atoms with Gasteiger partial charge in [0, 0.05) is 18.7 Å². The Morgan fingerprint density at radius 2 is 1.80 bits per heavy atom. The molecule has 0 spiro atoms. The van der Waals surface area contributed by atoms with Crippen LogP contribution in [0.5, 0.6) is 0 Å². The average Bonchev–Trinajstić information content (AvgIpc) is 2.55. The van der Waals surface area contributed by atoms with Crippen LogP contribution in [0.3, 0.4) is 0 Å². The fraction of sp³-hybridized carbons (Fsp3) is 0.529. The molecule has 0 aromatic heterocycles. The monoisotopic (exact) mass is 370 g/mol. The van der Waals surface area contributed by atoms with Crippen LogP contribution < -0.4 is 5.32 Å². The molecule has 0 fully saturated rings. The zero-order valence-corrected chi connectivity index (χ0v) is 16.1. The fourth-order valence-electron chi connectivity index (χ4n) is 2.32. The number of benzene rings is 1. The summed E-state index contributed by atoms with van der Waals surface area (Å²) in [4.78, 5) is 24.1. The summed E-state index contributed by atoms with van der Waals surface area (Å²) in [6.45, 7) is 9.31. The second-order valence-corrected chi connectivity index (χ2v) is 7.45. The van der Waals surface area contributed by atoms with Crippen molar-refractivity contribution in [2.75, 3.05) is 19.7 Å². The number of hydrogen-bond donors (Lipinski definition) is 1. The predicted molar refractivity (Wildman–Crippen MR) is 94.8 cm³/mol. The summed E-state index contributed by atoms with van der Waals surface area (Å²) in [7, 11) is -3.67. The van der Waals surface area contributed by atoms with Crippen molar-refractivity contribution >= 4 is 21.9 Å². The second-order valence-electron chi connectivity index (χ2n) is 5.51. The lowest BCUT2D eigenvalue weighted by Crippen LogP contribution is -2.40. The quantitative estimate of drug-likeness (QED) is 0.703. The van der Waals surface area contributed by atoms with Gasteiger partial charge >= 0.3 is 5.97 Å². The molecule has 0 aliphatic heterocycles. The van der Waals surface area contributed by atoms with Crippen LogP contribution in [0.1, 0.15) is 43.6 Å². The summed E-state index contributed by atoms with van der Waals surface area (Å²) in [6.07, 6.45) is 0. The molecule has 8 heteroatoms. The molecule has 1 aromatic carbocycles. The van der Waals surface area contributed by atoms with E-state index in [0.717, 1.165) is 0 Å². The first-order valence-electron chi connectivity index (χ1n) is 8.27. The Bertz CT molecular complexity index is 727. The lowest BCUT2D eigenvalue weighted by molar-refractivity contribution is -0.144. The van der Waals surface area contributed by atoms with Crippen molar-refractivity contribution < 1.29 is 22.7 Å². The third-order valence-electron chi connectivity index (χ3n) is 3.78. The fourth-order valence-corrected chi connectivity index (χ4v) is 3.80. The maximum Gasteiger partial charge on any atom is 0.328 e. The molecular formula is C17H26N2O5S. The second kappa shape index (κ2) is 8.96. The molecule has 0 saturated carbocycles. The lowest BCUT2D eigenvalue weighted by Gasteiger charge is -2.19. The van der Waals surface area contributed by atoms with Crippen LogP contribution in [0.25, 0.3) is 0 Å². The maximum atomic E-state index is 12.6. The number of carbonyl (C=O) groups excluding carboxylic acids is 2. The van der Waals surface area contributed by atoms with Gasteiger partial charge in [0.1, 0.15) is 6.04 Å². The van der Waals surface area contributed by atoms with Crippen LogP contribution in [0.2, 0.25) is 0 Å². The van der Waals surface area contributed by atoms with Gasteiger partial charge in [-0.05, 0) is 38.5 Å². The number of esters is 1. The van der Waals surface area contributed by atoms with Crippen molar-refractivity contribution in [1.82, 2.24) is 9.62 Å². The standard InChI is InChI=1S/C17H26N2O5S/c1-6-19(7-2)25(22,23)14-10-9-12(4)15(11-14)16(20)18-13(5)17(21)24-8-3/h9-11,13H,6-8H2,1-5H3,(H,18,20). The first kappa shape index (κ1) is 21.1. The summed E-state index contributed by atoms with van der Waals surface area (Å²) in [5.74, 6) is -1.06. The minimum atomic E-state index is -3.67. The number of ether oxygens (including phenoxy) is 1. The zero-order chi connectivity index (χ0) is 19.2. The molecule has 25 heavy (non-hydrogen) atoms. The Morgan fingerprint density at radius 1 is 1.20 bits per heavy atom. The van der Waals surface area contributed by atoms with Crippen molar-refractivity contribution in [2.45, 2.75) is 45.6 Å². The van der Waals surface area contributed by atoms with Gasteiger partial charge in [0.2, 0.25) is 10.0 Å². The molecule has 1 atom stereocenters. The van der Waals surface area contributed by atoms with Gasteiger partial charge in [0.25, 0.3) is 5.91 Å². The van der Waals surface area contributed by atoms with Gasteiger partial charge in [-0.3, -0.25) is 4.79 Å². The highest BCUT2D eigenvalue weighted by Crippen LogP contribution is 2.19. The minimum absolute atomic E-state index is 0.0516. The number of rotatable bonds is 8. The van der Waals surface area contributed by atoms with Crippen LogP contribution in [0.15, 0.2) is 23.1 Å². The van der Waals surface area contributed by atoms with Gasteiger partial charge in [-0.25, -0.2) is 13.2 Å². The topological polar surface area (TPSA) is 92.8 Å². The third-order valence-corrected chi connectivity index (χ3v) is 5.83. The number of sulfonamides is 1. The number of hydrogen-bond acceptors (Lipinski definition) is 5. The molecule has 7 nitrogen and oxygen atoms in total. The number of carbonyl (C=O) groups is 2. The molecule has 1 aromatic rings. The van der Waals surface area contributed by atoms with Crippen molar-refractivity contribution in [1.29, 1.82) is 0 Å². The van der Waals surface area contributed by atoms with E-state index in [-0.39, 0.29) is 17.1 Å². The normalized spacial score (nSPS) is 12.7. The Morgan fingerprint density at radius 3 is 2.32 bits per heavy atom. The zero-order valence-electron chi connectivity index (χ0n) is 15.3. The average molecular weight is 370 g/mol. The molecule has 1 N–H and O–H groups in total. The maximum absolute atomic E-state index is 12.6. The molecule has 140 valence electrons. The Hall–Kier alpha value is -1.93. The van der Waals surface area contributed by atoms with Gasteiger partial charge in [0.05, 0.1) is 11.5 Å². The molecule has 0 heterocycles. The summed E-state index contributed by atoms with van der Waals surface area (Å²) >= 11 is 0. The third kappa shape index (κ3) is 5.02. The van der Waals surface area contributed by atoms with E-state index in [1.165, 1.54) is 23.4 Å². The highest BCUT2D eigenvalue weighted by molar-refractivity contribution is 7.89. The number of amides is 1. The van der Waals surface area contributed by atoms with E-state index in [1.54, 1.807) is 33.8 Å². The van der Waals surface area contributed by atoms with Crippen molar-refractivity contribution in [3.8, 4) is 0 Å². The number of nitrogens with one attached hydrogen (secondary N) is 1. The van der Waals surface area contributed by atoms with Crippen molar-refractivity contribution in [3.05, 3.63) is 29.3 Å². The summed E-state index contributed by atoms with van der Waals surface area (Å²) in [6, 6.07) is 3.58. The van der Waals surface area contributed by atoms with Crippen LogP contribution >= 0.6 is 0 Å². The van der Waals surface area contributed by atoms with E-state index in [0.29, 0.717) is 18.7 Å². The van der Waals surface area contributed by atoms with Gasteiger partial charge < -0.3 is 10.1 Å². The summed E-state index contributed by atoms with van der Waals surface area (Å²) in [5.41, 5.74) is 0.830. The summed E-state index contributed by atoms with van der Waals surface area (Å²) < 4.78 is 31.4. The largest absolute Gasteiger partial charge is 0.464 e. The van der Waals surface area contributed by atoms with E-state index in [4.69, 9.17) is 4.74 Å². The minimum Gasteiger partial charge on any atom is -0.464 e. The lowest BCUT2D eigenvalue weighted by atomic mass is 10.1. The smallest absolute Gasteiger partial charge is 0.328 e. The highest BCUT2D eigenvalue weighted by atomic mass is 32.2. The molecular weight excluding hydrogens is 344 g/mol. The van der Waals surface area contributed by atoms with Gasteiger partial charge in [-0.2, -0.15) is 4.31 Å². The highest BCUT2D eigenvalue weighted by Gasteiger charge is 2.24. The molecule has 0 bridgehead atoms. The van der Waals surface area contributed by atoms with E-state index in [2.05, 4.69) is 5.32 Å².